The molecular weight excluding hydrogens is 351 g/mol. The summed E-state index contributed by atoms with van der Waals surface area (Å²) in [4.78, 5) is 14.4. The highest BCUT2D eigenvalue weighted by atomic mass is 35.5. The molecule has 0 saturated carbocycles. The number of rotatable bonds is 5. The first-order valence-corrected chi connectivity index (χ1v) is 8.67. The molecule has 128 valence electrons. The molecule has 2 aromatic rings. The second-order valence-electron chi connectivity index (χ2n) is 5.84. The zero-order valence-corrected chi connectivity index (χ0v) is 14.6. The summed E-state index contributed by atoms with van der Waals surface area (Å²) in [5, 5.41) is 14.2. The summed E-state index contributed by atoms with van der Waals surface area (Å²) in [6, 6.07) is 5.22. The van der Waals surface area contributed by atoms with Crippen molar-refractivity contribution in [2.75, 3.05) is 13.2 Å². The molecule has 1 aromatic carbocycles. The van der Waals surface area contributed by atoms with Crippen LogP contribution >= 0.6 is 23.2 Å². The number of halogens is 2. The maximum atomic E-state index is 12.9. The van der Waals surface area contributed by atoms with Crippen molar-refractivity contribution in [2.45, 2.75) is 32.2 Å². The van der Waals surface area contributed by atoms with Crippen LogP contribution < -0.4 is 0 Å². The molecule has 5 nitrogen and oxygen atoms in total. The molecule has 0 fully saturated rings. The number of fused-ring (bicyclic) bond motifs is 1. The van der Waals surface area contributed by atoms with Crippen molar-refractivity contribution < 1.29 is 14.4 Å². The van der Waals surface area contributed by atoms with Crippen LogP contribution in [0.5, 0.6) is 0 Å². The van der Waals surface area contributed by atoms with E-state index in [1.807, 2.05) is 6.07 Å². The molecule has 0 atom stereocenters. The van der Waals surface area contributed by atoms with Gasteiger partial charge in [0.1, 0.15) is 5.76 Å². The van der Waals surface area contributed by atoms with Gasteiger partial charge in [-0.3, -0.25) is 4.79 Å². The topological polar surface area (TPSA) is 66.6 Å². The van der Waals surface area contributed by atoms with Gasteiger partial charge in [-0.25, -0.2) is 0 Å². The van der Waals surface area contributed by atoms with Crippen molar-refractivity contribution >= 4 is 29.1 Å². The maximum absolute atomic E-state index is 12.9. The Labute approximate surface area is 150 Å². The van der Waals surface area contributed by atoms with Crippen LogP contribution in [0.1, 0.15) is 40.2 Å². The largest absolute Gasteiger partial charge is 0.395 e. The smallest absolute Gasteiger partial charge is 0.276 e. The standard InChI is InChI=1S/C17H18Cl2N2O3/c18-13-6-5-11(9-14(13)19)10-21(7-8-22)17(23)16-12-3-1-2-4-15(12)24-20-16/h5-6,9,22H,1-4,7-8,10H2. The van der Waals surface area contributed by atoms with Gasteiger partial charge < -0.3 is 14.5 Å². The fourth-order valence-corrected chi connectivity index (χ4v) is 3.25. The van der Waals surface area contributed by atoms with E-state index >= 15 is 0 Å². The molecule has 1 amide bonds. The van der Waals surface area contributed by atoms with Crippen molar-refractivity contribution in [2.24, 2.45) is 0 Å². The van der Waals surface area contributed by atoms with E-state index in [0.29, 0.717) is 22.3 Å². The molecule has 0 unspecified atom stereocenters. The highest BCUT2D eigenvalue weighted by Gasteiger charge is 2.27. The fourth-order valence-electron chi connectivity index (χ4n) is 2.93. The van der Waals surface area contributed by atoms with Gasteiger partial charge in [-0.2, -0.15) is 0 Å². The lowest BCUT2D eigenvalue weighted by Crippen LogP contribution is -2.34. The first-order chi connectivity index (χ1) is 11.6. The zero-order chi connectivity index (χ0) is 17.1. The Morgan fingerprint density at radius 1 is 1.25 bits per heavy atom. The lowest BCUT2D eigenvalue weighted by Gasteiger charge is -2.22. The Balaban J connectivity index is 1.83. The molecule has 0 bridgehead atoms. The van der Waals surface area contributed by atoms with Gasteiger partial charge in [-0.1, -0.05) is 34.4 Å². The Kier molecular flexibility index (Phi) is 5.43. The van der Waals surface area contributed by atoms with Gasteiger partial charge >= 0.3 is 0 Å². The summed E-state index contributed by atoms with van der Waals surface area (Å²) in [7, 11) is 0. The minimum Gasteiger partial charge on any atom is -0.395 e. The number of aliphatic hydroxyl groups is 1. The van der Waals surface area contributed by atoms with E-state index in [9.17, 15) is 9.90 Å². The highest BCUT2D eigenvalue weighted by molar-refractivity contribution is 6.42. The van der Waals surface area contributed by atoms with Crippen LogP contribution in [0.15, 0.2) is 22.7 Å². The summed E-state index contributed by atoms with van der Waals surface area (Å²) >= 11 is 12.0. The van der Waals surface area contributed by atoms with Gasteiger partial charge in [0.15, 0.2) is 5.69 Å². The van der Waals surface area contributed by atoms with Crippen LogP contribution in [-0.4, -0.2) is 34.2 Å². The van der Waals surface area contributed by atoms with E-state index in [4.69, 9.17) is 27.7 Å². The monoisotopic (exact) mass is 368 g/mol. The number of aliphatic hydroxyl groups excluding tert-OH is 1. The molecule has 24 heavy (non-hydrogen) atoms. The molecule has 0 spiro atoms. The third kappa shape index (κ3) is 3.58. The molecule has 3 rings (SSSR count). The van der Waals surface area contributed by atoms with Crippen molar-refractivity contribution in [3.63, 3.8) is 0 Å². The Morgan fingerprint density at radius 2 is 2.04 bits per heavy atom. The van der Waals surface area contributed by atoms with E-state index in [1.165, 1.54) is 0 Å². The van der Waals surface area contributed by atoms with Crippen molar-refractivity contribution in [1.29, 1.82) is 0 Å². The average molecular weight is 369 g/mol. The summed E-state index contributed by atoms with van der Waals surface area (Å²) in [5.74, 6) is 0.574. The van der Waals surface area contributed by atoms with Crippen LogP contribution in [-0.2, 0) is 19.4 Å². The van der Waals surface area contributed by atoms with Crippen LogP contribution in [0.25, 0.3) is 0 Å². The summed E-state index contributed by atoms with van der Waals surface area (Å²) in [5.41, 5.74) is 2.10. The van der Waals surface area contributed by atoms with E-state index < -0.39 is 0 Å². The molecule has 0 aliphatic heterocycles. The fraction of sp³-hybridized carbons (Fsp3) is 0.412. The van der Waals surface area contributed by atoms with E-state index in [1.54, 1.807) is 17.0 Å². The summed E-state index contributed by atoms with van der Waals surface area (Å²) in [6.07, 6.45) is 3.71. The number of carbonyl (C=O) groups is 1. The SMILES string of the molecule is O=C(c1noc2c1CCCC2)N(CCO)Cc1ccc(Cl)c(Cl)c1. The van der Waals surface area contributed by atoms with Gasteiger partial charge in [-0.05, 0) is 37.0 Å². The third-order valence-corrected chi connectivity index (χ3v) is 4.91. The molecular formula is C17H18Cl2N2O3. The number of aryl methyl sites for hydroxylation is 1. The normalized spacial score (nSPS) is 13.6. The first-order valence-electron chi connectivity index (χ1n) is 7.91. The lowest BCUT2D eigenvalue weighted by atomic mass is 9.96. The van der Waals surface area contributed by atoms with Gasteiger partial charge in [0.2, 0.25) is 0 Å². The van der Waals surface area contributed by atoms with Crippen LogP contribution in [0.3, 0.4) is 0 Å². The van der Waals surface area contributed by atoms with Gasteiger partial charge in [-0.15, -0.1) is 0 Å². The number of hydrogen-bond acceptors (Lipinski definition) is 4. The number of carbonyl (C=O) groups excluding carboxylic acids is 1. The number of aromatic nitrogens is 1. The third-order valence-electron chi connectivity index (χ3n) is 4.17. The first kappa shape index (κ1) is 17.3. The number of nitrogens with zero attached hydrogens (tertiary/aromatic N) is 2. The minimum atomic E-state index is -0.234. The van der Waals surface area contributed by atoms with E-state index in [0.717, 1.165) is 42.6 Å². The number of benzene rings is 1. The summed E-state index contributed by atoms with van der Waals surface area (Å²) < 4.78 is 5.32. The highest BCUT2D eigenvalue weighted by Crippen LogP contribution is 2.26. The van der Waals surface area contributed by atoms with E-state index in [-0.39, 0.29) is 19.1 Å². The Morgan fingerprint density at radius 3 is 2.79 bits per heavy atom. The molecule has 1 aliphatic rings. The minimum absolute atomic E-state index is 0.132. The second kappa shape index (κ2) is 7.55. The van der Waals surface area contributed by atoms with Gasteiger partial charge in [0.05, 0.1) is 16.7 Å². The molecule has 0 saturated heterocycles. The molecule has 1 aromatic heterocycles. The molecule has 7 heteroatoms. The van der Waals surface area contributed by atoms with Crippen LogP contribution in [0.2, 0.25) is 10.0 Å². The maximum Gasteiger partial charge on any atom is 0.276 e. The zero-order valence-electron chi connectivity index (χ0n) is 13.1. The lowest BCUT2D eigenvalue weighted by molar-refractivity contribution is 0.0696. The van der Waals surface area contributed by atoms with Gasteiger partial charge in [0, 0.05) is 25.1 Å². The second-order valence-corrected chi connectivity index (χ2v) is 6.65. The van der Waals surface area contributed by atoms with Gasteiger partial charge in [0.25, 0.3) is 5.91 Å². The van der Waals surface area contributed by atoms with Crippen LogP contribution in [0.4, 0.5) is 0 Å². The molecule has 0 radical (unpaired) electrons. The van der Waals surface area contributed by atoms with E-state index in [2.05, 4.69) is 5.16 Å². The summed E-state index contributed by atoms with van der Waals surface area (Å²) in [6.45, 7) is 0.395. The van der Waals surface area contributed by atoms with Crippen LogP contribution in [0, 0.1) is 0 Å². The quantitative estimate of drug-likeness (QED) is 0.876. The molecule has 1 heterocycles. The Hall–Kier alpha value is -1.56. The molecule has 1 N–H and O–H groups in total. The molecule has 1 aliphatic carbocycles. The Bertz CT molecular complexity index is 745. The predicted octanol–water partition coefficient (Wildman–Crippen LogP) is 3.49. The predicted molar refractivity (Wildman–Crippen MR) is 91.4 cm³/mol. The van der Waals surface area contributed by atoms with Crippen molar-refractivity contribution in [3.8, 4) is 0 Å². The number of amides is 1. The van der Waals surface area contributed by atoms with Crippen molar-refractivity contribution in [3.05, 3.63) is 50.8 Å². The number of hydrogen-bond donors (Lipinski definition) is 1. The average Bonchev–Trinajstić information content (AvgIpc) is 3.01. The van der Waals surface area contributed by atoms with Crippen molar-refractivity contribution in [1.82, 2.24) is 10.1 Å².